The first kappa shape index (κ1) is 16.1. The molecule has 1 aromatic carbocycles. The van der Waals surface area contributed by atoms with Crippen molar-refractivity contribution < 1.29 is 4.79 Å². The summed E-state index contributed by atoms with van der Waals surface area (Å²) in [6.45, 7) is 7.96. The minimum Gasteiger partial charge on any atom is -0.342 e. The Kier molecular flexibility index (Phi) is 4.29. The molecule has 3 rings (SSSR count). The van der Waals surface area contributed by atoms with Crippen molar-refractivity contribution in [2.45, 2.75) is 33.7 Å². The summed E-state index contributed by atoms with van der Waals surface area (Å²) < 4.78 is 1.59. The van der Waals surface area contributed by atoms with E-state index in [1.165, 1.54) is 0 Å². The molecule has 1 amide bonds. The van der Waals surface area contributed by atoms with Crippen LogP contribution in [0.4, 0.5) is 0 Å². The number of hydrogen-bond donors (Lipinski definition) is 1. The zero-order valence-electron chi connectivity index (χ0n) is 14.3. The quantitative estimate of drug-likeness (QED) is 0.801. The van der Waals surface area contributed by atoms with Crippen LogP contribution in [0.5, 0.6) is 0 Å². The molecule has 6 heteroatoms. The lowest BCUT2D eigenvalue weighted by molar-refractivity contribution is 0.0915. The van der Waals surface area contributed by atoms with E-state index in [9.17, 15) is 4.79 Å². The first-order chi connectivity index (χ1) is 11.5. The number of amides is 1. The Morgan fingerprint density at radius 3 is 2.50 bits per heavy atom. The molecule has 0 aliphatic rings. The van der Waals surface area contributed by atoms with Crippen LogP contribution in [-0.2, 0) is 0 Å². The van der Waals surface area contributed by atoms with Gasteiger partial charge in [-0.05, 0) is 31.4 Å². The highest BCUT2D eigenvalue weighted by Crippen LogP contribution is 2.21. The molecular formula is C18H21N5O. The molecular weight excluding hydrogens is 302 g/mol. The smallest absolute Gasteiger partial charge is 0.291 e. The zero-order chi connectivity index (χ0) is 17.3. The normalized spacial score (nSPS) is 12.5. The van der Waals surface area contributed by atoms with Crippen molar-refractivity contribution in [3.8, 4) is 0 Å². The molecule has 0 saturated carbocycles. The van der Waals surface area contributed by atoms with Gasteiger partial charge in [-0.1, -0.05) is 44.2 Å². The van der Waals surface area contributed by atoms with Gasteiger partial charge in [0.05, 0.1) is 6.04 Å². The number of benzene rings is 1. The van der Waals surface area contributed by atoms with Crippen LogP contribution >= 0.6 is 0 Å². The monoisotopic (exact) mass is 323 g/mol. The topological polar surface area (TPSA) is 72.2 Å². The third kappa shape index (κ3) is 3.13. The van der Waals surface area contributed by atoms with Gasteiger partial charge in [-0.25, -0.2) is 9.50 Å². The van der Waals surface area contributed by atoms with E-state index in [4.69, 9.17) is 0 Å². The lowest BCUT2D eigenvalue weighted by Gasteiger charge is -2.22. The van der Waals surface area contributed by atoms with Crippen LogP contribution in [-0.4, -0.2) is 25.5 Å². The number of aryl methyl sites for hydroxylation is 2. The molecule has 2 aromatic heterocycles. The maximum absolute atomic E-state index is 12.6. The minimum absolute atomic E-state index is 0.0962. The molecule has 0 spiro atoms. The fraction of sp³-hybridized carbons (Fsp3) is 0.333. The Morgan fingerprint density at radius 1 is 1.12 bits per heavy atom. The van der Waals surface area contributed by atoms with E-state index in [2.05, 4.69) is 34.2 Å². The second-order valence-corrected chi connectivity index (χ2v) is 6.29. The molecule has 1 atom stereocenters. The summed E-state index contributed by atoms with van der Waals surface area (Å²) in [7, 11) is 0. The number of nitrogens with one attached hydrogen (secondary N) is 1. The minimum atomic E-state index is -0.292. The van der Waals surface area contributed by atoms with Crippen molar-refractivity contribution in [3.63, 3.8) is 0 Å². The summed E-state index contributed by atoms with van der Waals surface area (Å²) in [5, 5.41) is 7.33. The van der Waals surface area contributed by atoms with Gasteiger partial charge in [-0.15, -0.1) is 5.10 Å². The second kappa shape index (κ2) is 6.39. The van der Waals surface area contributed by atoms with E-state index in [0.717, 1.165) is 17.0 Å². The van der Waals surface area contributed by atoms with Crippen LogP contribution in [0, 0.1) is 19.8 Å². The molecule has 0 radical (unpaired) electrons. The van der Waals surface area contributed by atoms with Crippen LogP contribution < -0.4 is 5.32 Å². The van der Waals surface area contributed by atoms with E-state index < -0.39 is 0 Å². The summed E-state index contributed by atoms with van der Waals surface area (Å²) >= 11 is 0. The number of aromatic nitrogens is 4. The Morgan fingerprint density at radius 2 is 1.83 bits per heavy atom. The average molecular weight is 323 g/mol. The number of hydrogen-bond acceptors (Lipinski definition) is 4. The van der Waals surface area contributed by atoms with Crippen molar-refractivity contribution in [2.75, 3.05) is 0 Å². The molecule has 24 heavy (non-hydrogen) atoms. The van der Waals surface area contributed by atoms with E-state index in [1.807, 2.05) is 50.2 Å². The van der Waals surface area contributed by atoms with Gasteiger partial charge in [0.1, 0.15) is 0 Å². The van der Waals surface area contributed by atoms with Crippen molar-refractivity contribution in [1.29, 1.82) is 0 Å². The molecule has 0 bridgehead atoms. The second-order valence-electron chi connectivity index (χ2n) is 6.29. The number of fused-ring (bicyclic) bond motifs is 1. The van der Waals surface area contributed by atoms with Gasteiger partial charge < -0.3 is 5.32 Å². The largest absolute Gasteiger partial charge is 0.342 e. The lowest BCUT2D eigenvalue weighted by Crippen LogP contribution is -2.32. The van der Waals surface area contributed by atoms with Gasteiger partial charge in [0.2, 0.25) is 5.82 Å². The Hall–Kier alpha value is -2.76. The van der Waals surface area contributed by atoms with Crippen molar-refractivity contribution in [3.05, 3.63) is 59.2 Å². The standard InChI is InChI=1S/C18H21N5O/c1-11(2)15(14-8-6-5-7-9-14)20-17(24)16-21-18-19-12(3)10-13(4)23(18)22-16/h5-11,15H,1-4H3,(H,20,24). The molecule has 0 saturated heterocycles. The summed E-state index contributed by atoms with van der Waals surface area (Å²) in [5.41, 5.74) is 2.81. The van der Waals surface area contributed by atoms with E-state index in [-0.39, 0.29) is 23.7 Å². The van der Waals surface area contributed by atoms with Crippen LogP contribution in [0.1, 0.15) is 47.5 Å². The summed E-state index contributed by atoms with van der Waals surface area (Å²) in [4.78, 5) is 21.2. The molecule has 0 aliphatic carbocycles. The van der Waals surface area contributed by atoms with Crippen molar-refractivity contribution in [1.82, 2.24) is 24.9 Å². The Labute approximate surface area is 141 Å². The maximum atomic E-state index is 12.6. The molecule has 1 N–H and O–H groups in total. The molecule has 2 heterocycles. The van der Waals surface area contributed by atoms with Gasteiger partial charge in [-0.2, -0.15) is 4.98 Å². The lowest BCUT2D eigenvalue weighted by atomic mass is 9.96. The Bertz CT molecular complexity index is 870. The summed E-state index contributed by atoms with van der Waals surface area (Å²) in [6, 6.07) is 11.7. The van der Waals surface area contributed by atoms with Crippen LogP contribution in [0.3, 0.4) is 0 Å². The molecule has 6 nitrogen and oxygen atoms in total. The first-order valence-corrected chi connectivity index (χ1v) is 8.02. The van der Waals surface area contributed by atoms with Gasteiger partial charge >= 0.3 is 0 Å². The van der Waals surface area contributed by atoms with E-state index >= 15 is 0 Å². The fourth-order valence-corrected chi connectivity index (χ4v) is 2.76. The molecule has 1 unspecified atom stereocenters. The molecule has 0 fully saturated rings. The zero-order valence-corrected chi connectivity index (χ0v) is 14.3. The van der Waals surface area contributed by atoms with Gasteiger partial charge in [-0.3, -0.25) is 4.79 Å². The van der Waals surface area contributed by atoms with Crippen molar-refractivity contribution >= 4 is 11.7 Å². The van der Waals surface area contributed by atoms with Crippen molar-refractivity contribution in [2.24, 2.45) is 5.92 Å². The van der Waals surface area contributed by atoms with Gasteiger partial charge in [0, 0.05) is 11.4 Å². The third-order valence-corrected chi connectivity index (χ3v) is 3.93. The maximum Gasteiger partial charge on any atom is 0.291 e. The number of rotatable bonds is 4. The highest BCUT2D eigenvalue weighted by molar-refractivity contribution is 5.91. The average Bonchev–Trinajstić information content (AvgIpc) is 2.97. The predicted molar refractivity (Wildman–Crippen MR) is 91.7 cm³/mol. The van der Waals surface area contributed by atoms with E-state index in [0.29, 0.717) is 5.78 Å². The fourth-order valence-electron chi connectivity index (χ4n) is 2.76. The van der Waals surface area contributed by atoms with Crippen LogP contribution in [0.25, 0.3) is 5.78 Å². The number of carbonyl (C=O) groups excluding carboxylic acids is 1. The van der Waals surface area contributed by atoms with Crippen LogP contribution in [0.2, 0.25) is 0 Å². The summed E-state index contributed by atoms with van der Waals surface area (Å²) in [6.07, 6.45) is 0. The first-order valence-electron chi connectivity index (χ1n) is 8.02. The molecule has 124 valence electrons. The molecule has 0 aliphatic heterocycles. The predicted octanol–water partition coefficient (Wildman–Crippen LogP) is 2.87. The highest BCUT2D eigenvalue weighted by Gasteiger charge is 2.22. The number of nitrogens with zero attached hydrogens (tertiary/aromatic N) is 4. The third-order valence-electron chi connectivity index (χ3n) is 3.93. The SMILES string of the molecule is Cc1cc(C)n2nc(C(=O)NC(c3ccccc3)C(C)C)nc2n1. The summed E-state index contributed by atoms with van der Waals surface area (Å²) in [5.74, 6) is 0.534. The van der Waals surface area contributed by atoms with Crippen LogP contribution in [0.15, 0.2) is 36.4 Å². The van der Waals surface area contributed by atoms with Gasteiger partial charge in [0.25, 0.3) is 11.7 Å². The van der Waals surface area contributed by atoms with E-state index in [1.54, 1.807) is 4.52 Å². The molecule has 3 aromatic rings. The Balaban J connectivity index is 1.89. The number of carbonyl (C=O) groups is 1. The van der Waals surface area contributed by atoms with Gasteiger partial charge in [0.15, 0.2) is 0 Å². The highest BCUT2D eigenvalue weighted by atomic mass is 16.2.